The van der Waals surface area contributed by atoms with Crippen LogP contribution in [0.3, 0.4) is 0 Å². The Morgan fingerprint density at radius 2 is 2.00 bits per heavy atom. The van der Waals surface area contributed by atoms with Crippen molar-refractivity contribution in [2.75, 3.05) is 12.0 Å². The molecule has 4 N–H and O–H groups in total. The minimum absolute atomic E-state index is 0.0970. The van der Waals surface area contributed by atoms with Gasteiger partial charge in [-0.3, -0.25) is 4.79 Å². The molecule has 5 unspecified atom stereocenters. The second kappa shape index (κ2) is 7.91. The van der Waals surface area contributed by atoms with Crippen molar-refractivity contribution in [2.24, 2.45) is 11.7 Å². The molecule has 1 aliphatic heterocycles. The molecule has 2 fully saturated rings. The van der Waals surface area contributed by atoms with Crippen LogP contribution < -0.4 is 15.4 Å². The van der Waals surface area contributed by atoms with Crippen LogP contribution in [0, 0.1) is 5.92 Å². The molecule has 0 spiro atoms. The third-order valence-corrected chi connectivity index (χ3v) is 7.03. The molecule has 1 aromatic carbocycles. The molecule has 9 heteroatoms. The van der Waals surface area contributed by atoms with E-state index in [1.807, 2.05) is 51.6 Å². The topological polar surface area (TPSA) is 99.3 Å². The summed E-state index contributed by atoms with van der Waals surface area (Å²) < 4.78 is 5.24. The fourth-order valence-corrected chi connectivity index (χ4v) is 5.47. The van der Waals surface area contributed by atoms with Gasteiger partial charge in [-0.1, -0.05) is 6.07 Å². The number of thiophene rings is 1. The summed E-state index contributed by atoms with van der Waals surface area (Å²) in [5, 5.41) is 23.8. The molecule has 2 heterocycles. The Bertz CT molecular complexity index is 890. The number of carbonyl (C=O) groups is 1. The zero-order valence-corrected chi connectivity index (χ0v) is 17.5. The predicted octanol–water partition coefficient (Wildman–Crippen LogP) is 1.33. The minimum atomic E-state index is -1.04. The molecule has 154 valence electrons. The number of benzene rings is 1. The van der Waals surface area contributed by atoms with Gasteiger partial charge in [-0.05, 0) is 54.4 Å². The number of anilines is 1. The van der Waals surface area contributed by atoms with Gasteiger partial charge in [0, 0.05) is 10.6 Å². The summed E-state index contributed by atoms with van der Waals surface area (Å²) in [4.78, 5) is 17.1. The van der Waals surface area contributed by atoms with Crippen LogP contribution in [0.15, 0.2) is 41.8 Å². The standard InChI is InChI=1S/C20H23N3O4S2/c1-27-12-6-4-11(5-7-12)23-16-14(19(21)26)9-15(24)18(25)17(16)22(20(23)28)10-13-3-2-8-29-13/h2-8,14-18,24-25H,9-10H2,1H3,(H2,21,26). The Morgan fingerprint density at radius 1 is 1.28 bits per heavy atom. The van der Waals surface area contributed by atoms with Crippen LogP contribution in [0.4, 0.5) is 5.69 Å². The number of fused-ring (bicyclic) bond motifs is 1. The lowest BCUT2D eigenvalue weighted by atomic mass is 9.77. The number of methoxy groups -OCH3 is 1. The van der Waals surface area contributed by atoms with Gasteiger partial charge in [-0.25, -0.2) is 0 Å². The summed E-state index contributed by atoms with van der Waals surface area (Å²) in [6.45, 7) is 0.486. The first-order chi connectivity index (χ1) is 13.9. The molecule has 1 aliphatic carbocycles. The minimum Gasteiger partial charge on any atom is -0.497 e. The number of primary amides is 1. The Hall–Kier alpha value is -2.20. The van der Waals surface area contributed by atoms with Crippen molar-refractivity contribution in [3.05, 3.63) is 46.7 Å². The van der Waals surface area contributed by atoms with Gasteiger partial charge in [0.25, 0.3) is 0 Å². The average molecular weight is 434 g/mol. The first-order valence-electron chi connectivity index (χ1n) is 9.34. The Labute approximate surface area is 178 Å². The number of carbonyl (C=O) groups excluding carboxylic acids is 1. The lowest BCUT2D eigenvalue weighted by Gasteiger charge is -2.42. The number of hydrogen-bond acceptors (Lipinski definition) is 6. The van der Waals surface area contributed by atoms with Gasteiger partial charge in [0.2, 0.25) is 5.91 Å². The smallest absolute Gasteiger partial charge is 0.222 e. The molecule has 29 heavy (non-hydrogen) atoms. The van der Waals surface area contributed by atoms with Gasteiger partial charge in [-0.15, -0.1) is 11.3 Å². The number of aliphatic hydroxyl groups excluding tert-OH is 2. The van der Waals surface area contributed by atoms with Crippen molar-refractivity contribution in [1.82, 2.24) is 4.90 Å². The van der Waals surface area contributed by atoms with E-state index in [9.17, 15) is 15.0 Å². The van der Waals surface area contributed by atoms with Crippen LogP contribution in [-0.2, 0) is 11.3 Å². The number of ether oxygens (including phenoxy) is 1. The van der Waals surface area contributed by atoms with Crippen LogP contribution in [-0.4, -0.2) is 57.5 Å². The monoisotopic (exact) mass is 433 g/mol. The number of hydrogen-bond donors (Lipinski definition) is 3. The van der Waals surface area contributed by atoms with Crippen LogP contribution >= 0.6 is 23.6 Å². The summed E-state index contributed by atoms with van der Waals surface area (Å²) >= 11 is 7.39. The highest BCUT2D eigenvalue weighted by atomic mass is 32.1. The molecular weight excluding hydrogens is 410 g/mol. The van der Waals surface area contributed by atoms with Crippen molar-refractivity contribution in [1.29, 1.82) is 0 Å². The first kappa shape index (κ1) is 20.1. The lowest BCUT2D eigenvalue weighted by Crippen LogP contribution is -2.60. The summed E-state index contributed by atoms with van der Waals surface area (Å²) in [5.41, 5.74) is 6.49. The van der Waals surface area contributed by atoms with E-state index in [4.69, 9.17) is 22.7 Å². The maximum absolute atomic E-state index is 12.3. The van der Waals surface area contributed by atoms with Gasteiger partial charge < -0.3 is 30.5 Å². The summed E-state index contributed by atoms with van der Waals surface area (Å²) in [7, 11) is 1.59. The zero-order valence-electron chi connectivity index (χ0n) is 15.8. The normalized spacial score (nSPS) is 29.1. The Balaban J connectivity index is 1.78. The van der Waals surface area contributed by atoms with E-state index in [1.54, 1.807) is 18.4 Å². The van der Waals surface area contributed by atoms with Crippen molar-refractivity contribution >= 4 is 40.3 Å². The molecule has 2 aliphatic rings. The van der Waals surface area contributed by atoms with Crippen LogP contribution in [0.25, 0.3) is 0 Å². The molecule has 1 saturated heterocycles. The van der Waals surface area contributed by atoms with Crippen molar-refractivity contribution < 1.29 is 19.7 Å². The first-order valence-corrected chi connectivity index (χ1v) is 10.6. The predicted molar refractivity (Wildman–Crippen MR) is 115 cm³/mol. The van der Waals surface area contributed by atoms with Crippen molar-refractivity contribution in [3.63, 3.8) is 0 Å². The van der Waals surface area contributed by atoms with Crippen LogP contribution in [0.2, 0.25) is 0 Å². The molecule has 1 saturated carbocycles. The van der Waals surface area contributed by atoms with E-state index in [0.717, 1.165) is 10.6 Å². The number of nitrogens with zero attached hydrogens (tertiary/aromatic N) is 2. The third-order valence-electron chi connectivity index (χ3n) is 5.73. The van der Waals surface area contributed by atoms with Crippen LogP contribution in [0.5, 0.6) is 5.75 Å². The number of aliphatic hydroxyl groups is 2. The molecular formula is C20H23N3O4S2. The maximum Gasteiger partial charge on any atom is 0.222 e. The van der Waals surface area contributed by atoms with E-state index in [0.29, 0.717) is 17.4 Å². The van der Waals surface area contributed by atoms with Crippen molar-refractivity contribution in [3.8, 4) is 5.75 Å². The highest BCUT2D eigenvalue weighted by Gasteiger charge is 2.56. The SMILES string of the molecule is COc1ccc(N2C(=S)N(Cc3cccs3)C3C(O)C(O)CC(C(N)=O)C32)cc1. The Kier molecular flexibility index (Phi) is 5.48. The quantitative estimate of drug-likeness (QED) is 0.612. The van der Waals surface area contributed by atoms with Crippen LogP contribution in [0.1, 0.15) is 11.3 Å². The molecule has 7 nitrogen and oxygen atoms in total. The Morgan fingerprint density at radius 3 is 2.59 bits per heavy atom. The molecule has 2 aromatic rings. The van der Waals surface area contributed by atoms with E-state index >= 15 is 0 Å². The van der Waals surface area contributed by atoms with Gasteiger partial charge in [0.1, 0.15) is 11.9 Å². The summed E-state index contributed by atoms with van der Waals surface area (Å²) in [5.74, 6) is -0.451. The number of thiocarbonyl (C=S) groups is 1. The number of rotatable bonds is 5. The summed E-state index contributed by atoms with van der Waals surface area (Å²) in [6.07, 6.45) is -1.99. The summed E-state index contributed by atoms with van der Waals surface area (Å²) in [6, 6.07) is 10.3. The van der Waals surface area contributed by atoms with E-state index < -0.39 is 36.1 Å². The second-order valence-electron chi connectivity index (χ2n) is 7.34. The average Bonchev–Trinajstić information content (AvgIpc) is 3.32. The fraction of sp³-hybridized carbons (Fsp3) is 0.400. The zero-order chi connectivity index (χ0) is 20.7. The fourth-order valence-electron chi connectivity index (χ4n) is 4.35. The lowest BCUT2D eigenvalue weighted by molar-refractivity contribution is -0.129. The third kappa shape index (κ3) is 3.48. The molecule has 5 atom stereocenters. The van der Waals surface area contributed by atoms with E-state index in [-0.39, 0.29) is 6.42 Å². The largest absolute Gasteiger partial charge is 0.497 e. The molecule has 0 bridgehead atoms. The number of amides is 1. The second-order valence-corrected chi connectivity index (χ2v) is 8.74. The molecule has 1 amide bonds. The van der Waals surface area contributed by atoms with E-state index in [2.05, 4.69) is 0 Å². The molecule has 0 radical (unpaired) electrons. The van der Waals surface area contributed by atoms with Gasteiger partial charge in [0.15, 0.2) is 5.11 Å². The highest BCUT2D eigenvalue weighted by molar-refractivity contribution is 7.80. The van der Waals surface area contributed by atoms with Gasteiger partial charge in [0.05, 0.1) is 37.8 Å². The molecule has 1 aromatic heterocycles. The van der Waals surface area contributed by atoms with Gasteiger partial charge >= 0.3 is 0 Å². The maximum atomic E-state index is 12.3. The highest BCUT2D eigenvalue weighted by Crippen LogP contribution is 2.42. The van der Waals surface area contributed by atoms with Crippen molar-refractivity contribution in [2.45, 2.75) is 37.3 Å². The van der Waals surface area contributed by atoms with Gasteiger partial charge in [-0.2, -0.15) is 0 Å². The van der Waals surface area contributed by atoms with E-state index in [1.165, 1.54) is 0 Å². The molecule has 4 rings (SSSR count). The number of nitrogens with two attached hydrogens (primary N) is 1.